The van der Waals surface area contributed by atoms with Crippen molar-refractivity contribution in [2.24, 2.45) is 0 Å². The van der Waals surface area contributed by atoms with Crippen LogP contribution in [0.3, 0.4) is 0 Å². The lowest BCUT2D eigenvalue weighted by Crippen LogP contribution is -2.50. The zero-order chi connectivity index (χ0) is 25.1. The highest BCUT2D eigenvalue weighted by Crippen LogP contribution is 2.33. The molecule has 1 aliphatic heterocycles. The number of amides is 2. The number of halogens is 1. The van der Waals surface area contributed by atoms with E-state index in [0.29, 0.717) is 53.6 Å². The lowest BCUT2D eigenvalue weighted by molar-refractivity contribution is -0.130. The van der Waals surface area contributed by atoms with Gasteiger partial charge in [0.05, 0.1) is 16.5 Å². The number of hydrogen-bond donors (Lipinski definition) is 0. The van der Waals surface area contributed by atoms with Crippen molar-refractivity contribution in [3.8, 4) is 17.1 Å². The molecule has 3 aromatic heterocycles. The Hall–Kier alpha value is -3.28. The van der Waals surface area contributed by atoms with Gasteiger partial charge in [-0.1, -0.05) is 35.5 Å². The number of aromatic nitrogens is 5. The number of benzene rings is 1. The maximum Gasteiger partial charge on any atom is 0.273 e. The smallest absolute Gasteiger partial charge is 0.273 e. The molecule has 184 valence electrons. The SMILES string of the molecule is CC(=O)N1CCN(C(=O)c2csc(CSc3nnc(-c4ccncc4)n3-c3ccccc3Cl)n2)CC1. The number of hydrogen-bond acceptors (Lipinski definition) is 8. The van der Waals surface area contributed by atoms with Gasteiger partial charge < -0.3 is 9.80 Å². The van der Waals surface area contributed by atoms with E-state index in [1.165, 1.54) is 23.1 Å². The number of para-hydroxylation sites is 1. The van der Waals surface area contributed by atoms with Crippen LogP contribution in [0.1, 0.15) is 22.4 Å². The molecule has 0 bridgehead atoms. The van der Waals surface area contributed by atoms with Gasteiger partial charge in [0.15, 0.2) is 11.0 Å². The van der Waals surface area contributed by atoms with Crippen LogP contribution in [0.4, 0.5) is 0 Å². The van der Waals surface area contributed by atoms with Crippen molar-refractivity contribution in [1.82, 2.24) is 34.5 Å². The van der Waals surface area contributed by atoms with E-state index >= 15 is 0 Å². The lowest BCUT2D eigenvalue weighted by Gasteiger charge is -2.33. The highest BCUT2D eigenvalue weighted by molar-refractivity contribution is 7.98. The van der Waals surface area contributed by atoms with Crippen LogP contribution < -0.4 is 0 Å². The molecule has 0 radical (unpaired) electrons. The van der Waals surface area contributed by atoms with Gasteiger partial charge in [0.2, 0.25) is 5.91 Å². The summed E-state index contributed by atoms with van der Waals surface area (Å²) in [6, 6.07) is 11.3. The molecule has 12 heteroatoms. The molecule has 1 aliphatic rings. The number of thiazole rings is 1. The quantitative estimate of drug-likeness (QED) is 0.341. The summed E-state index contributed by atoms with van der Waals surface area (Å²) in [6.45, 7) is 3.67. The molecule has 2 amide bonds. The van der Waals surface area contributed by atoms with Crippen LogP contribution in [-0.4, -0.2) is 72.5 Å². The summed E-state index contributed by atoms with van der Waals surface area (Å²) in [7, 11) is 0. The van der Waals surface area contributed by atoms with Crippen LogP contribution in [-0.2, 0) is 10.5 Å². The summed E-state index contributed by atoms with van der Waals surface area (Å²) in [5.74, 6) is 1.11. The average Bonchev–Trinajstić information content (AvgIpc) is 3.55. The van der Waals surface area contributed by atoms with Crippen molar-refractivity contribution in [1.29, 1.82) is 0 Å². The molecular weight excluding hydrogens is 518 g/mol. The van der Waals surface area contributed by atoms with Gasteiger partial charge in [0.1, 0.15) is 10.7 Å². The second-order valence-electron chi connectivity index (χ2n) is 8.04. The van der Waals surface area contributed by atoms with E-state index in [1.807, 2.05) is 41.0 Å². The van der Waals surface area contributed by atoms with Crippen molar-refractivity contribution in [3.63, 3.8) is 0 Å². The Kier molecular flexibility index (Phi) is 7.30. The number of rotatable bonds is 6. The molecule has 0 saturated carbocycles. The molecule has 0 aliphatic carbocycles. The zero-order valence-electron chi connectivity index (χ0n) is 19.4. The summed E-state index contributed by atoms with van der Waals surface area (Å²) < 4.78 is 1.93. The van der Waals surface area contributed by atoms with E-state index in [9.17, 15) is 9.59 Å². The highest BCUT2D eigenvalue weighted by Gasteiger charge is 2.25. The van der Waals surface area contributed by atoms with Crippen molar-refractivity contribution >= 4 is 46.5 Å². The van der Waals surface area contributed by atoms with Crippen LogP contribution in [0.5, 0.6) is 0 Å². The second kappa shape index (κ2) is 10.8. The van der Waals surface area contributed by atoms with Crippen molar-refractivity contribution in [2.75, 3.05) is 26.2 Å². The maximum absolute atomic E-state index is 12.9. The number of thioether (sulfide) groups is 1. The van der Waals surface area contributed by atoms with E-state index < -0.39 is 0 Å². The van der Waals surface area contributed by atoms with E-state index in [4.69, 9.17) is 11.6 Å². The monoisotopic (exact) mass is 539 g/mol. The molecule has 0 unspecified atom stereocenters. The molecule has 36 heavy (non-hydrogen) atoms. The molecular formula is C24H22ClN7O2S2. The molecule has 5 rings (SSSR count). The first-order chi connectivity index (χ1) is 17.5. The number of pyridine rings is 1. The number of nitrogens with zero attached hydrogens (tertiary/aromatic N) is 7. The van der Waals surface area contributed by atoms with Crippen molar-refractivity contribution in [2.45, 2.75) is 17.8 Å². The number of carbonyl (C=O) groups excluding carboxylic acids is 2. The van der Waals surface area contributed by atoms with Crippen LogP contribution in [0.25, 0.3) is 17.1 Å². The minimum Gasteiger partial charge on any atom is -0.339 e. The highest BCUT2D eigenvalue weighted by atomic mass is 35.5. The molecule has 1 fully saturated rings. The summed E-state index contributed by atoms with van der Waals surface area (Å²) in [5, 5.41) is 12.7. The third kappa shape index (κ3) is 5.13. The molecule has 4 heterocycles. The Balaban J connectivity index is 1.33. The molecule has 1 saturated heterocycles. The topological polar surface area (TPSA) is 97.1 Å². The fourth-order valence-electron chi connectivity index (χ4n) is 3.89. The van der Waals surface area contributed by atoms with Gasteiger partial charge in [-0.15, -0.1) is 21.5 Å². The predicted molar refractivity (Wildman–Crippen MR) is 139 cm³/mol. The Morgan fingerprint density at radius 1 is 1.03 bits per heavy atom. The minimum atomic E-state index is -0.107. The molecule has 0 N–H and O–H groups in total. The Bertz CT molecular complexity index is 1380. The van der Waals surface area contributed by atoms with Gasteiger partial charge in [-0.05, 0) is 24.3 Å². The first kappa shape index (κ1) is 24.4. The van der Waals surface area contributed by atoms with Gasteiger partial charge >= 0.3 is 0 Å². The van der Waals surface area contributed by atoms with E-state index in [0.717, 1.165) is 16.3 Å². The zero-order valence-corrected chi connectivity index (χ0v) is 21.8. The normalized spacial score (nSPS) is 13.7. The fraction of sp³-hybridized carbons (Fsp3) is 0.250. The maximum atomic E-state index is 12.9. The summed E-state index contributed by atoms with van der Waals surface area (Å²) >= 11 is 9.45. The van der Waals surface area contributed by atoms with Crippen LogP contribution in [0.2, 0.25) is 5.02 Å². The lowest BCUT2D eigenvalue weighted by atomic mass is 10.2. The third-order valence-corrected chi connectivity index (χ3v) is 8.06. The molecule has 1 aromatic carbocycles. The number of piperazine rings is 1. The predicted octanol–water partition coefficient (Wildman–Crippen LogP) is 4.04. The van der Waals surface area contributed by atoms with Gasteiger partial charge in [0.25, 0.3) is 5.91 Å². The fourth-order valence-corrected chi connectivity index (χ4v) is 5.84. The van der Waals surface area contributed by atoms with Crippen LogP contribution in [0, 0.1) is 0 Å². The Morgan fingerprint density at radius 2 is 1.75 bits per heavy atom. The van der Waals surface area contributed by atoms with Crippen LogP contribution in [0.15, 0.2) is 59.3 Å². The third-order valence-electron chi connectivity index (χ3n) is 5.77. The standard InChI is InChI=1S/C24H22ClN7O2S2/c1-16(33)30-10-12-31(13-11-30)23(34)19-14-35-21(27-19)15-36-24-29-28-22(17-6-8-26-9-7-17)32(24)20-5-3-2-4-18(20)25/h2-9,14H,10-13,15H2,1H3. The first-order valence-corrected chi connectivity index (χ1v) is 13.5. The van der Waals surface area contributed by atoms with Gasteiger partial charge in [-0.3, -0.25) is 19.1 Å². The van der Waals surface area contributed by atoms with Crippen molar-refractivity contribution < 1.29 is 9.59 Å². The molecule has 0 atom stereocenters. The van der Waals surface area contributed by atoms with Gasteiger partial charge in [-0.25, -0.2) is 4.98 Å². The van der Waals surface area contributed by atoms with Gasteiger partial charge in [0, 0.05) is 56.4 Å². The summed E-state index contributed by atoms with van der Waals surface area (Å²) in [4.78, 5) is 36.6. The molecule has 9 nitrogen and oxygen atoms in total. The summed E-state index contributed by atoms with van der Waals surface area (Å²) in [6.07, 6.45) is 3.42. The van der Waals surface area contributed by atoms with Crippen molar-refractivity contribution in [3.05, 3.63) is 69.9 Å². The van der Waals surface area contributed by atoms with Crippen LogP contribution >= 0.6 is 34.7 Å². The van der Waals surface area contributed by atoms with E-state index in [1.54, 1.807) is 34.5 Å². The minimum absolute atomic E-state index is 0.0341. The van der Waals surface area contributed by atoms with E-state index in [-0.39, 0.29) is 11.8 Å². The second-order valence-corrected chi connectivity index (χ2v) is 10.3. The number of carbonyl (C=O) groups is 2. The molecule has 0 spiro atoms. The average molecular weight is 540 g/mol. The Labute approximate surface area is 221 Å². The largest absolute Gasteiger partial charge is 0.339 e. The van der Waals surface area contributed by atoms with E-state index in [2.05, 4.69) is 20.2 Å². The first-order valence-electron chi connectivity index (χ1n) is 11.2. The molecule has 4 aromatic rings. The van der Waals surface area contributed by atoms with Gasteiger partial charge in [-0.2, -0.15) is 0 Å². The Morgan fingerprint density at radius 3 is 2.47 bits per heavy atom. The summed E-state index contributed by atoms with van der Waals surface area (Å²) in [5.41, 5.74) is 2.08.